The lowest BCUT2D eigenvalue weighted by molar-refractivity contribution is -0.384. The van der Waals surface area contributed by atoms with Gasteiger partial charge in [-0.3, -0.25) is 10.1 Å². The van der Waals surface area contributed by atoms with Crippen LogP contribution in [0.2, 0.25) is 5.02 Å². The molecule has 2 aliphatic rings. The minimum atomic E-state index is -1.36. The van der Waals surface area contributed by atoms with Gasteiger partial charge in [-0.25, -0.2) is 9.37 Å². The second-order valence-electron chi connectivity index (χ2n) is 9.86. The number of anilines is 5. The van der Waals surface area contributed by atoms with E-state index in [-0.39, 0.29) is 22.2 Å². The highest BCUT2D eigenvalue weighted by Gasteiger charge is 2.41. The van der Waals surface area contributed by atoms with Crippen LogP contribution in [-0.4, -0.2) is 52.8 Å². The lowest BCUT2D eigenvalue weighted by atomic mass is 9.96. The molecular weight excluding hydrogens is 517 g/mol. The highest BCUT2D eigenvalue weighted by molar-refractivity contribution is 6.31. The molecule has 1 aromatic heterocycles. The van der Waals surface area contributed by atoms with Crippen LogP contribution in [-0.2, 0) is 5.60 Å². The molecule has 4 N–H and O–H groups in total. The molecule has 0 radical (unpaired) electrons. The highest BCUT2D eigenvalue weighted by atomic mass is 35.5. The average molecular weight is 544 g/mol. The summed E-state index contributed by atoms with van der Waals surface area (Å²) in [5, 5.41) is 31.8. The molecule has 2 fully saturated rings. The Hall–Kier alpha value is -3.74. The Labute approximate surface area is 223 Å². The van der Waals surface area contributed by atoms with Crippen molar-refractivity contribution in [3.05, 3.63) is 63.0 Å². The largest absolute Gasteiger partial charge is 0.494 e. The van der Waals surface area contributed by atoms with Gasteiger partial charge in [-0.2, -0.15) is 4.98 Å². The maximum atomic E-state index is 14.1. The summed E-state index contributed by atoms with van der Waals surface area (Å²) in [4.78, 5) is 22.2. The summed E-state index contributed by atoms with van der Waals surface area (Å²) < 4.78 is 19.6. The first-order valence-corrected chi connectivity index (χ1v) is 12.3. The molecular formula is C25H27ClFN7O4. The molecule has 2 saturated heterocycles. The first-order chi connectivity index (χ1) is 18.0. The molecule has 2 aliphatic heterocycles. The predicted octanol–water partition coefficient (Wildman–Crippen LogP) is 4.31. The topological polar surface area (TPSA) is 138 Å². The number of nitro groups is 1. The van der Waals surface area contributed by atoms with E-state index in [1.807, 2.05) is 4.90 Å². The third kappa shape index (κ3) is 5.02. The van der Waals surface area contributed by atoms with Crippen LogP contribution in [0.4, 0.5) is 38.9 Å². The van der Waals surface area contributed by atoms with E-state index >= 15 is 0 Å². The average Bonchev–Trinajstić information content (AvgIpc) is 3.14. The van der Waals surface area contributed by atoms with E-state index < -0.39 is 16.3 Å². The first kappa shape index (κ1) is 25.9. The third-order valence-electron chi connectivity index (χ3n) is 6.80. The van der Waals surface area contributed by atoms with E-state index in [9.17, 15) is 19.6 Å². The number of fused-ring (bicyclic) bond motifs is 1. The number of benzene rings is 2. The van der Waals surface area contributed by atoms with Crippen molar-refractivity contribution in [2.45, 2.75) is 25.5 Å². The van der Waals surface area contributed by atoms with Crippen LogP contribution in [0.5, 0.6) is 5.75 Å². The number of halogens is 2. The number of aromatic nitrogens is 2. The van der Waals surface area contributed by atoms with Gasteiger partial charge in [0.05, 0.1) is 28.3 Å². The Morgan fingerprint density at radius 1 is 1.26 bits per heavy atom. The van der Waals surface area contributed by atoms with E-state index in [1.54, 1.807) is 12.1 Å². The van der Waals surface area contributed by atoms with Gasteiger partial charge in [0, 0.05) is 61.2 Å². The van der Waals surface area contributed by atoms with E-state index in [2.05, 4.69) is 25.9 Å². The quantitative estimate of drug-likeness (QED) is 0.240. The molecule has 3 heterocycles. The molecule has 0 amide bonds. The zero-order valence-corrected chi connectivity index (χ0v) is 21.7. The molecule has 13 heteroatoms. The fourth-order valence-electron chi connectivity index (χ4n) is 4.78. The molecule has 200 valence electrons. The maximum absolute atomic E-state index is 14.1. The number of nitro benzene ring substituents is 1. The molecule has 5 rings (SSSR count). The number of aliphatic hydroxyl groups is 1. The molecule has 38 heavy (non-hydrogen) atoms. The summed E-state index contributed by atoms with van der Waals surface area (Å²) in [7, 11) is 1.49. The molecule has 0 spiro atoms. The molecule has 0 bridgehead atoms. The van der Waals surface area contributed by atoms with Crippen molar-refractivity contribution >= 4 is 46.1 Å². The molecule has 0 saturated carbocycles. The highest BCUT2D eigenvalue weighted by Crippen LogP contribution is 2.42. The second kappa shape index (κ2) is 9.86. The molecule has 11 nitrogen and oxygen atoms in total. The molecule has 2 aromatic carbocycles. The number of nitrogens with zero attached hydrogens (tertiary/aromatic N) is 4. The monoisotopic (exact) mass is 543 g/mol. The minimum absolute atomic E-state index is 0.0559. The van der Waals surface area contributed by atoms with Gasteiger partial charge < -0.3 is 30.7 Å². The van der Waals surface area contributed by atoms with Crippen LogP contribution in [0.15, 0.2) is 36.5 Å². The number of hydrogen-bond donors (Lipinski definition) is 4. The van der Waals surface area contributed by atoms with Gasteiger partial charge in [-0.15, -0.1) is 0 Å². The predicted molar refractivity (Wildman–Crippen MR) is 142 cm³/mol. The molecule has 0 unspecified atom stereocenters. The van der Waals surface area contributed by atoms with Crippen molar-refractivity contribution in [1.82, 2.24) is 15.3 Å². The Morgan fingerprint density at radius 3 is 2.66 bits per heavy atom. The summed E-state index contributed by atoms with van der Waals surface area (Å²) in [6.45, 7) is 5.40. The summed E-state index contributed by atoms with van der Waals surface area (Å²) in [6.07, 6.45) is 1.48. The fourth-order valence-corrected chi connectivity index (χ4v) is 4.94. The summed E-state index contributed by atoms with van der Waals surface area (Å²) >= 11 is 5.98. The van der Waals surface area contributed by atoms with Gasteiger partial charge in [0.25, 0.3) is 5.69 Å². The summed E-state index contributed by atoms with van der Waals surface area (Å²) in [6, 6.07) is 7.52. The van der Waals surface area contributed by atoms with E-state index in [0.717, 1.165) is 13.1 Å². The summed E-state index contributed by atoms with van der Waals surface area (Å²) in [5.74, 6) is 0.677. The molecule has 0 aliphatic carbocycles. The first-order valence-electron chi connectivity index (χ1n) is 12.0. The van der Waals surface area contributed by atoms with Crippen molar-refractivity contribution in [2.75, 3.05) is 42.3 Å². The zero-order chi connectivity index (χ0) is 27.2. The number of hydrogen-bond acceptors (Lipinski definition) is 10. The van der Waals surface area contributed by atoms with E-state index in [0.29, 0.717) is 47.1 Å². The Balaban J connectivity index is 1.44. The van der Waals surface area contributed by atoms with E-state index in [1.165, 1.54) is 45.4 Å². The molecule has 3 aromatic rings. The van der Waals surface area contributed by atoms with Gasteiger partial charge in [-0.1, -0.05) is 11.6 Å². The van der Waals surface area contributed by atoms with Gasteiger partial charge in [0.15, 0.2) is 0 Å². The van der Waals surface area contributed by atoms with Crippen molar-refractivity contribution in [1.29, 1.82) is 0 Å². The van der Waals surface area contributed by atoms with E-state index in [4.69, 9.17) is 16.3 Å². The van der Waals surface area contributed by atoms with Crippen LogP contribution < -0.4 is 25.6 Å². The van der Waals surface area contributed by atoms with Crippen LogP contribution in [0, 0.1) is 21.8 Å². The lowest BCUT2D eigenvalue weighted by Gasteiger charge is -2.29. The van der Waals surface area contributed by atoms with Gasteiger partial charge in [0.1, 0.15) is 23.1 Å². The zero-order valence-electron chi connectivity index (χ0n) is 21.0. The molecule has 2 atom stereocenters. The van der Waals surface area contributed by atoms with Crippen molar-refractivity contribution in [3.63, 3.8) is 0 Å². The summed E-state index contributed by atoms with van der Waals surface area (Å²) in [5.41, 5.74) is 0.0476. The van der Waals surface area contributed by atoms with Crippen molar-refractivity contribution < 1.29 is 19.2 Å². The normalized spacial score (nSPS) is 18.5. The minimum Gasteiger partial charge on any atom is -0.494 e. The van der Waals surface area contributed by atoms with Gasteiger partial charge in [-0.05, 0) is 32.0 Å². The number of rotatable bonds is 8. The Bertz CT molecular complexity index is 1390. The van der Waals surface area contributed by atoms with Crippen molar-refractivity contribution in [2.24, 2.45) is 5.92 Å². The van der Waals surface area contributed by atoms with Crippen LogP contribution in [0.25, 0.3) is 0 Å². The Morgan fingerprint density at radius 2 is 2.05 bits per heavy atom. The van der Waals surface area contributed by atoms with Gasteiger partial charge >= 0.3 is 0 Å². The smallest absolute Gasteiger partial charge is 0.294 e. The number of methoxy groups -OCH3 is 1. The lowest BCUT2D eigenvalue weighted by Crippen LogP contribution is -2.51. The fraction of sp³-hybridized carbons (Fsp3) is 0.360. The van der Waals surface area contributed by atoms with Crippen LogP contribution >= 0.6 is 11.6 Å². The third-order valence-corrected chi connectivity index (χ3v) is 7.09. The second-order valence-corrected chi connectivity index (χ2v) is 10.3. The maximum Gasteiger partial charge on any atom is 0.294 e. The standard InChI is InChI=1S/C25H27ClFN7O4/c1-25(2,35)14-6-16(27)15(26)7-17(14)30-23-4-5-28-24(32-23)31-18-8-21(34(36)37)20(9-22(18)38-3)33-11-13-10-29-19(13)12-33/h4-9,13,19,29,35H,10-12H2,1-3H3,(H2,28,30,31,32)/t13-,19+/m1/s1. The number of ether oxygens (including phenoxy) is 1. The Kier molecular flexibility index (Phi) is 6.72. The van der Waals surface area contributed by atoms with Crippen molar-refractivity contribution in [3.8, 4) is 5.75 Å². The SMILES string of the molecule is COc1cc(N2C[C@H]3CN[C@H]3C2)c([N+](=O)[O-])cc1Nc1nccc(Nc2cc(Cl)c(F)cc2C(C)(C)O)n1. The number of nitrogens with one attached hydrogen (secondary N) is 3. The van der Waals surface area contributed by atoms with Crippen LogP contribution in [0.1, 0.15) is 19.4 Å². The van der Waals surface area contributed by atoms with Crippen LogP contribution in [0.3, 0.4) is 0 Å². The van der Waals surface area contributed by atoms with Gasteiger partial charge in [0.2, 0.25) is 5.95 Å².